The lowest BCUT2D eigenvalue weighted by Gasteiger charge is -2.19. The number of hydrogen-bond acceptors (Lipinski definition) is 3. The third-order valence-electron chi connectivity index (χ3n) is 3.71. The van der Waals surface area contributed by atoms with E-state index >= 15 is 0 Å². The number of carbonyl (C=O) groups is 1. The van der Waals surface area contributed by atoms with E-state index in [-0.39, 0.29) is 12.0 Å². The molecular weight excluding hydrogens is 314 g/mol. The molecule has 0 spiro atoms. The molecule has 0 fully saturated rings. The van der Waals surface area contributed by atoms with E-state index in [1.165, 1.54) is 0 Å². The molecule has 134 valence electrons. The van der Waals surface area contributed by atoms with Crippen molar-refractivity contribution in [1.82, 2.24) is 0 Å². The summed E-state index contributed by atoms with van der Waals surface area (Å²) in [6.07, 6.45) is -0.471. The van der Waals surface area contributed by atoms with E-state index in [0.717, 1.165) is 17.1 Å². The Bertz CT molecular complexity index is 693. The van der Waals surface area contributed by atoms with E-state index in [9.17, 15) is 4.79 Å². The number of rotatable bonds is 7. The second kappa shape index (κ2) is 8.56. The van der Waals surface area contributed by atoms with Crippen LogP contribution in [0.3, 0.4) is 0 Å². The zero-order valence-electron chi connectivity index (χ0n) is 15.6. The van der Waals surface area contributed by atoms with Crippen molar-refractivity contribution in [2.75, 3.05) is 5.32 Å². The predicted octanol–water partition coefficient (Wildman–Crippen LogP) is 5.00. The smallest absolute Gasteiger partial charge is 0.265 e. The number of carbonyl (C=O) groups excluding carboxylic acids is 1. The molecule has 0 aliphatic rings. The third kappa shape index (κ3) is 5.52. The molecule has 2 aromatic rings. The first-order valence-electron chi connectivity index (χ1n) is 8.70. The van der Waals surface area contributed by atoms with Gasteiger partial charge in [0.15, 0.2) is 6.10 Å². The Morgan fingerprint density at radius 1 is 0.880 bits per heavy atom. The van der Waals surface area contributed by atoms with Gasteiger partial charge in [-0.25, -0.2) is 0 Å². The van der Waals surface area contributed by atoms with Crippen LogP contribution in [0.5, 0.6) is 11.5 Å². The lowest BCUT2D eigenvalue weighted by atomic mass is 10.0. The Labute approximate surface area is 150 Å². The second-order valence-corrected chi connectivity index (χ2v) is 6.63. The van der Waals surface area contributed by atoms with Crippen LogP contribution in [0.15, 0.2) is 48.5 Å². The lowest BCUT2D eigenvalue weighted by molar-refractivity contribution is -0.122. The summed E-state index contributed by atoms with van der Waals surface area (Å²) in [5.41, 5.74) is 1.81. The van der Waals surface area contributed by atoms with Gasteiger partial charge in [0.2, 0.25) is 0 Å². The molecule has 1 atom stereocenters. The first-order valence-corrected chi connectivity index (χ1v) is 8.70. The molecule has 0 radical (unpaired) electrons. The molecule has 0 aliphatic carbocycles. The maximum atomic E-state index is 12.4. The Morgan fingerprint density at radius 3 is 2.12 bits per heavy atom. The Kier molecular flexibility index (Phi) is 6.45. The van der Waals surface area contributed by atoms with Crippen LogP contribution in [0.2, 0.25) is 0 Å². The standard InChI is InChI=1S/C21H27NO3/c1-14(2)19-8-6-7-9-20(19)25-16(5)21(23)22-17-10-12-18(13-11-17)24-15(3)4/h6-16H,1-5H3,(H,22,23). The molecule has 0 aromatic heterocycles. The van der Waals surface area contributed by atoms with E-state index in [4.69, 9.17) is 9.47 Å². The number of nitrogens with one attached hydrogen (secondary N) is 1. The Balaban J connectivity index is 1.99. The summed E-state index contributed by atoms with van der Waals surface area (Å²) >= 11 is 0. The number of para-hydroxylation sites is 1. The van der Waals surface area contributed by atoms with Crippen LogP contribution >= 0.6 is 0 Å². The van der Waals surface area contributed by atoms with Crippen molar-refractivity contribution in [2.45, 2.75) is 52.7 Å². The fraction of sp³-hybridized carbons (Fsp3) is 0.381. The van der Waals surface area contributed by atoms with E-state index in [2.05, 4.69) is 19.2 Å². The van der Waals surface area contributed by atoms with Gasteiger partial charge >= 0.3 is 0 Å². The number of anilines is 1. The zero-order chi connectivity index (χ0) is 18.4. The van der Waals surface area contributed by atoms with Gasteiger partial charge in [0.05, 0.1) is 6.10 Å². The maximum Gasteiger partial charge on any atom is 0.265 e. The van der Waals surface area contributed by atoms with Gasteiger partial charge in [-0.05, 0) is 62.6 Å². The Hall–Kier alpha value is -2.49. The van der Waals surface area contributed by atoms with Gasteiger partial charge in [-0.15, -0.1) is 0 Å². The van der Waals surface area contributed by atoms with E-state index in [1.807, 2.05) is 62.4 Å². The van der Waals surface area contributed by atoms with Crippen LogP contribution in [0.1, 0.15) is 46.1 Å². The normalized spacial score (nSPS) is 12.1. The third-order valence-corrected chi connectivity index (χ3v) is 3.71. The molecule has 2 rings (SSSR count). The fourth-order valence-corrected chi connectivity index (χ4v) is 2.44. The maximum absolute atomic E-state index is 12.4. The zero-order valence-corrected chi connectivity index (χ0v) is 15.6. The van der Waals surface area contributed by atoms with Crippen LogP contribution < -0.4 is 14.8 Å². The van der Waals surface area contributed by atoms with Crippen molar-refractivity contribution in [2.24, 2.45) is 0 Å². The number of benzene rings is 2. The predicted molar refractivity (Wildman–Crippen MR) is 101 cm³/mol. The molecule has 4 heteroatoms. The van der Waals surface area contributed by atoms with Gasteiger partial charge in [-0.1, -0.05) is 32.0 Å². The Morgan fingerprint density at radius 2 is 1.52 bits per heavy atom. The minimum absolute atomic E-state index is 0.120. The van der Waals surface area contributed by atoms with Gasteiger partial charge in [0, 0.05) is 5.69 Å². The van der Waals surface area contributed by atoms with Gasteiger partial charge in [0.1, 0.15) is 11.5 Å². The van der Waals surface area contributed by atoms with Gasteiger partial charge in [-0.3, -0.25) is 4.79 Å². The molecule has 2 aromatic carbocycles. The summed E-state index contributed by atoms with van der Waals surface area (Å²) in [6, 6.07) is 15.2. The van der Waals surface area contributed by atoms with Crippen LogP contribution in [-0.4, -0.2) is 18.1 Å². The SMILES string of the molecule is CC(C)Oc1ccc(NC(=O)C(C)Oc2ccccc2C(C)C)cc1. The largest absolute Gasteiger partial charge is 0.491 e. The molecule has 4 nitrogen and oxygen atoms in total. The molecule has 1 unspecified atom stereocenters. The summed E-state index contributed by atoms with van der Waals surface area (Å²) in [6.45, 7) is 9.91. The van der Waals surface area contributed by atoms with Crippen molar-refractivity contribution < 1.29 is 14.3 Å². The van der Waals surface area contributed by atoms with E-state index < -0.39 is 6.10 Å². The average Bonchev–Trinajstić information content (AvgIpc) is 2.56. The summed E-state index contributed by atoms with van der Waals surface area (Å²) in [5, 5.41) is 2.87. The number of ether oxygens (including phenoxy) is 2. The first-order chi connectivity index (χ1) is 11.9. The second-order valence-electron chi connectivity index (χ2n) is 6.63. The molecule has 0 saturated carbocycles. The van der Waals surface area contributed by atoms with E-state index in [0.29, 0.717) is 11.6 Å². The summed E-state index contributed by atoms with van der Waals surface area (Å²) in [7, 11) is 0. The molecule has 0 bridgehead atoms. The van der Waals surface area contributed by atoms with Crippen LogP contribution in [0.4, 0.5) is 5.69 Å². The highest BCUT2D eigenvalue weighted by Crippen LogP contribution is 2.27. The highest BCUT2D eigenvalue weighted by atomic mass is 16.5. The van der Waals surface area contributed by atoms with E-state index in [1.54, 1.807) is 6.92 Å². The minimum atomic E-state index is -0.591. The lowest BCUT2D eigenvalue weighted by Crippen LogP contribution is -2.30. The van der Waals surface area contributed by atoms with Crippen molar-refractivity contribution in [3.05, 3.63) is 54.1 Å². The monoisotopic (exact) mass is 341 g/mol. The van der Waals surface area contributed by atoms with Crippen LogP contribution in [-0.2, 0) is 4.79 Å². The molecule has 25 heavy (non-hydrogen) atoms. The quantitative estimate of drug-likeness (QED) is 0.770. The number of amides is 1. The average molecular weight is 341 g/mol. The van der Waals surface area contributed by atoms with Crippen LogP contribution in [0.25, 0.3) is 0 Å². The number of hydrogen-bond donors (Lipinski definition) is 1. The summed E-state index contributed by atoms with van der Waals surface area (Å²) in [5.74, 6) is 1.68. The van der Waals surface area contributed by atoms with Gasteiger partial charge in [0.25, 0.3) is 5.91 Å². The summed E-state index contributed by atoms with van der Waals surface area (Å²) in [4.78, 5) is 12.4. The van der Waals surface area contributed by atoms with Crippen molar-refractivity contribution in [1.29, 1.82) is 0 Å². The summed E-state index contributed by atoms with van der Waals surface area (Å²) < 4.78 is 11.5. The molecule has 0 heterocycles. The highest BCUT2D eigenvalue weighted by Gasteiger charge is 2.17. The molecular formula is C21H27NO3. The van der Waals surface area contributed by atoms with Crippen LogP contribution in [0, 0.1) is 0 Å². The van der Waals surface area contributed by atoms with Crippen molar-refractivity contribution in [3.63, 3.8) is 0 Å². The molecule has 1 amide bonds. The molecule has 1 N–H and O–H groups in total. The molecule has 0 saturated heterocycles. The van der Waals surface area contributed by atoms with Crippen molar-refractivity contribution >= 4 is 11.6 Å². The fourth-order valence-electron chi connectivity index (χ4n) is 2.44. The molecule has 0 aliphatic heterocycles. The highest BCUT2D eigenvalue weighted by molar-refractivity contribution is 5.94. The van der Waals surface area contributed by atoms with Crippen molar-refractivity contribution in [3.8, 4) is 11.5 Å². The van der Waals surface area contributed by atoms with Gasteiger partial charge < -0.3 is 14.8 Å². The minimum Gasteiger partial charge on any atom is -0.491 e. The first kappa shape index (κ1) is 18.8. The topological polar surface area (TPSA) is 47.6 Å². The van der Waals surface area contributed by atoms with Gasteiger partial charge in [-0.2, -0.15) is 0 Å².